The molecule has 2 rings (SSSR count). The second-order valence-electron chi connectivity index (χ2n) is 10.5. The summed E-state index contributed by atoms with van der Waals surface area (Å²) < 4.78 is 17.1. The molecular weight excluding hydrogens is 388 g/mol. The van der Waals surface area contributed by atoms with E-state index in [0.29, 0.717) is 23.5 Å². The molecule has 2 heterocycles. The molecule has 0 amide bonds. The number of ether oxygens (including phenoxy) is 2. The molecule has 1 saturated heterocycles. The van der Waals surface area contributed by atoms with Crippen LogP contribution in [-0.2, 0) is 16.1 Å². The van der Waals surface area contributed by atoms with Crippen LogP contribution in [0.4, 0.5) is 6.01 Å². The van der Waals surface area contributed by atoms with E-state index in [-0.39, 0.29) is 0 Å². The summed E-state index contributed by atoms with van der Waals surface area (Å²) in [5, 5.41) is 0. The van der Waals surface area contributed by atoms with E-state index < -0.39 is 0 Å². The summed E-state index contributed by atoms with van der Waals surface area (Å²) in [4.78, 5) is 6.77. The smallest absolute Gasteiger partial charge is 0.297 e. The Hall–Kier alpha value is -1.07. The second-order valence-corrected chi connectivity index (χ2v) is 10.5. The lowest BCUT2D eigenvalue weighted by Gasteiger charge is -2.42. The lowest BCUT2D eigenvalue weighted by molar-refractivity contribution is 0.0873. The van der Waals surface area contributed by atoms with Crippen LogP contribution in [0.2, 0.25) is 0 Å². The zero-order valence-corrected chi connectivity index (χ0v) is 21.2. The van der Waals surface area contributed by atoms with Gasteiger partial charge in [-0.1, -0.05) is 79.6 Å². The van der Waals surface area contributed by atoms with Crippen molar-refractivity contribution in [3.63, 3.8) is 0 Å². The number of hydrogen-bond acceptors (Lipinski definition) is 5. The van der Waals surface area contributed by atoms with Gasteiger partial charge in [0.2, 0.25) is 0 Å². The molecular formula is C26H48N2O3. The summed E-state index contributed by atoms with van der Waals surface area (Å²) in [5.74, 6) is 0.868. The number of anilines is 1. The molecule has 0 radical (unpaired) electrons. The molecule has 1 atom stereocenters. The lowest BCUT2D eigenvalue weighted by Crippen LogP contribution is -2.36. The summed E-state index contributed by atoms with van der Waals surface area (Å²) in [7, 11) is 0. The van der Waals surface area contributed by atoms with Gasteiger partial charge in [0.15, 0.2) is 0 Å². The summed E-state index contributed by atoms with van der Waals surface area (Å²) in [6.07, 6.45) is 11.8. The largest absolute Gasteiger partial charge is 0.429 e. The molecule has 1 aromatic heterocycles. The fourth-order valence-electron chi connectivity index (χ4n) is 4.29. The van der Waals surface area contributed by atoms with Crippen molar-refractivity contribution in [2.45, 2.75) is 106 Å². The van der Waals surface area contributed by atoms with Gasteiger partial charge in [-0.15, -0.1) is 0 Å². The Morgan fingerprint density at radius 3 is 2.16 bits per heavy atom. The number of rotatable bonds is 14. The van der Waals surface area contributed by atoms with Gasteiger partial charge >= 0.3 is 0 Å². The molecule has 0 spiro atoms. The Labute approximate surface area is 191 Å². The minimum absolute atomic E-state index is 0.399. The molecule has 5 nitrogen and oxygen atoms in total. The van der Waals surface area contributed by atoms with Crippen LogP contribution in [0.15, 0.2) is 4.42 Å². The average Bonchev–Trinajstić information content (AvgIpc) is 3.12. The predicted octanol–water partition coefficient (Wildman–Crippen LogP) is 6.92. The maximum atomic E-state index is 5.86. The number of morpholine rings is 1. The van der Waals surface area contributed by atoms with Crippen LogP contribution in [0.5, 0.6) is 0 Å². The van der Waals surface area contributed by atoms with Crippen molar-refractivity contribution in [3.8, 4) is 0 Å². The van der Waals surface area contributed by atoms with Gasteiger partial charge in [0.1, 0.15) is 11.5 Å². The van der Waals surface area contributed by atoms with Crippen LogP contribution >= 0.6 is 0 Å². The number of nitrogens with zero attached hydrogens (tertiary/aromatic N) is 2. The van der Waals surface area contributed by atoms with Gasteiger partial charge < -0.3 is 18.8 Å². The van der Waals surface area contributed by atoms with Crippen molar-refractivity contribution in [3.05, 3.63) is 11.5 Å². The van der Waals surface area contributed by atoms with Crippen molar-refractivity contribution in [1.29, 1.82) is 0 Å². The lowest BCUT2D eigenvalue weighted by atomic mass is 9.64. The maximum Gasteiger partial charge on any atom is 0.297 e. The first-order valence-corrected chi connectivity index (χ1v) is 12.6. The second kappa shape index (κ2) is 12.8. The topological polar surface area (TPSA) is 47.7 Å². The molecule has 0 aliphatic carbocycles. The first-order valence-electron chi connectivity index (χ1n) is 12.6. The van der Waals surface area contributed by atoms with Crippen LogP contribution in [0.25, 0.3) is 0 Å². The van der Waals surface area contributed by atoms with Gasteiger partial charge in [-0.25, -0.2) is 0 Å². The van der Waals surface area contributed by atoms with E-state index in [9.17, 15) is 0 Å². The Bertz CT molecular complexity index is 617. The van der Waals surface area contributed by atoms with Crippen LogP contribution in [0, 0.1) is 17.8 Å². The van der Waals surface area contributed by atoms with E-state index in [1.54, 1.807) is 0 Å². The van der Waals surface area contributed by atoms with E-state index in [1.807, 2.05) is 6.92 Å². The normalized spacial score (nSPS) is 17.2. The molecule has 1 aromatic rings. The minimum atomic E-state index is 0.399. The van der Waals surface area contributed by atoms with Crippen LogP contribution in [-0.4, -0.2) is 37.9 Å². The van der Waals surface area contributed by atoms with Gasteiger partial charge in [0, 0.05) is 19.7 Å². The number of aromatic nitrogens is 1. The third-order valence-corrected chi connectivity index (χ3v) is 7.51. The third kappa shape index (κ3) is 8.42. The average molecular weight is 437 g/mol. The van der Waals surface area contributed by atoms with Crippen molar-refractivity contribution in [1.82, 2.24) is 4.98 Å². The zero-order valence-electron chi connectivity index (χ0n) is 21.2. The predicted molar refractivity (Wildman–Crippen MR) is 129 cm³/mol. The van der Waals surface area contributed by atoms with Gasteiger partial charge in [-0.05, 0) is 30.6 Å². The fraction of sp³-hybridized carbons (Fsp3) is 0.885. The van der Waals surface area contributed by atoms with Crippen molar-refractivity contribution in [2.24, 2.45) is 10.8 Å². The molecule has 0 bridgehead atoms. The number of unbranched alkanes of at least 4 members (excludes halogenated alkanes) is 6. The molecule has 5 heteroatoms. The Morgan fingerprint density at radius 2 is 1.55 bits per heavy atom. The Kier molecular flexibility index (Phi) is 10.8. The fourth-order valence-corrected chi connectivity index (χ4v) is 4.29. The standard InChI is InChI=1S/C26H48N2O3/c1-7-26(6,25(3,4)5)15-13-11-9-8-10-12-14-18-30-21-23-22(2)31-24(27-23)28-16-19-29-20-17-28/h7-21H2,1-6H3. The van der Waals surface area contributed by atoms with E-state index >= 15 is 0 Å². The maximum absolute atomic E-state index is 5.86. The number of aryl methyl sites for hydroxylation is 1. The minimum Gasteiger partial charge on any atom is -0.429 e. The summed E-state index contributed by atoms with van der Waals surface area (Å²) in [6, 6.07) is 0.709. The summed E-state index contributed by atoms with van der Waals surface area (Å²) in [6.45, 7) is 18.5. The Balaban J connectivity index is 1.49. The highest BCUT2D eigenvalue weighted by Crippen LogP contribution is 2.45. The summed E-state index contributed by atoms with van der Waals surface area (Å²) in [5.41, 5.74) is 1.79. The van der Waals surface area contributed by atoms with E-state index in [0.717, 1.165) is 50.8 Å². The van der Waals surface area contributed by atoms with Crippen LogP contribution in [0.1, 0.15) is 104 Å². The highest BCUT2D eigenvalue weighted by molar-refractivity contribution is 5.29. The third-order valence-electron chi connectivity index (χ3n) is 7.51. The van der Waals surface area contributed by atoms with Gasteiger partial charge in [-0.2, -0.15) is 4.98 Å². The van der Waals surface area contributed by atoms with Gasteiger partial charge in [-0.3, -0.25) is 0 Å². The Morgan fingerprint density at radius 1 is 0.935 bits per heavy atom. The number of hydrogen-bond donors (Lipinski definition) is 0. The first kappa shape index (κ1) is 26.2. The summed E-state index contributed by atoms with van der Waals surface area (Å²) >= 11 is 0. The quantitative estimate of drug-likeness (QED) is 0.296. The van der Waals surface area contributed by atoms with Crippen molar-refractivity contribution in [2.75, 3.05) is 37.8 Å². The van der Waals surface area contributed by atoms with Crippen LogP contribution < -0.4 is 4.90 Å². The van der Waals surface area contributed by atoms with E-state index in [1.165, 1.54) is 51.4 Å². The monoisotopic (exact) mass is 436 g/mol. The first-order chi connectivity index (χ1) is 14.8. The SMILES string of the molecule is CCC(C)(CCCCCCCCCOCc1nc(N2CCOCC2)oc1C)C(C)(C)C. The van der Waals surface area contributed by atoms with E-state index in [2.05, 4.69) is 44.5 Å². The highest BCUT2D eigenvalue weighted by Gasteiger charge is 2.34. The number of oxazole rings is 1. The zero-order chi connectivity index (χ0) is 22.7. The van der Waals surface area contributed by atoms with Crippen molar-refractivity contribution < 1.29 is 13.9 Å². The molecule has 0 aromatic carbocycles. The van der Waals surface area contributed by atoms with Crippen molar-refractivity contribution >= 4 is 6.01 Å². The molecule has 0 saturated carbocycles. The molecule has 180 valence electrons. The van der Waals surface area contributed by atoms with E-state index in [4.69, 9.17) is 13.9 Å². The highest BCUT2D eigenvalue weighted by atomic mass is 16.5. The van der Waals surface area contributed by atoms with Crippen LogP contribution in [0.3, 0.4) is 0 Å². The van der Waals surface area contributed by atoms with Gasteiger partial charge in [0.05, 0.1) is 19.8 Å². The molecule has 1 aliphatic rings. The molecule has 31 heavy (non-hydrogen) atoms. The molecule has 1 unspecified atom stereocenters. The molecule has 0 N–H and O–H groups in total. The van der Waals surface area contributed by atoms with Gasteiger partial charge in [0.25, 0.3) is 6.01 Å². The molecule has 1 aliphatic heterocycles. The molecule has 1 fully saturated rings.